The molecule has 4 aromatic rings. The smallest absolute Gasteiger partial charge is 0.323 e. The number of hydrogen-bond acceptors (Lipinski definition) is 8. The van der Waals surface area contributed by atoms with E-state index in [9.17, 15) is 4.79 Å². The molecule has 31 heavy (non-hydrogen) atoms. The minimum Gasteiger partial charge on any atom is -0.377 e. The van der Waals surface area contributed by atoms with Gasteiger partial charge in [-0.1, -0.05) is 28.1 Å². The average Bonchev–Trinajstić information content (AvgIpc) is 3.31. The van der Waals surface area contributed by atoms with Crippen molar-refractivity contribution in [2.24, 2.45) is 0 Å². The molecule has 2 amide bonds. The minimum atomic E-state index is -0.463. The third kappa shape index (κ3) is 4.50. The number of fused-ring (bicyclic) bond motifs is 1. The van der Waals surface area contributed by atoms with E-state index >= 15 is 0 Å². The molecule has 160 valence electrons. The van der Waals surface area contributed by atoms with Gasteiger partial charge in [0.15, 0.2) is 0 Å². The van der Waals surface area contributed by atoms with Crippen molar-refractivity contribution in [3.63, 3.8) is 0 Å². The van der Waals surface area contributed by atoms with Gasteiger partial charge in [-0.2, -0.15) is 4.98 Å². The number of rotatable bonds is 5. The van der Waals surface area contributed by atoms with Gasteiger partial charge in [0, 0.05) is 35.9 Å². The molecule has 4 rings (SSSR count). The molecule has 0 aliphatic heterocycles. The van der Waals surface area contributed by atoms with Crippen LogP contribution in [0.25, 0.3) is 21.7 Å². The van der Waals surface area contributed by atoms with E-state index in [-0.39, 0.29) is 6.10 Å². The Morgan fingerprint density at radius 1 is 1.23 bits per heavy atom. The largest absolute Gasteiger partial charge is 0.377 e. The van der Waals surface area contributed by atoms with Gasteiger partial charge < -0.3 is 19.9 Å². The molecule has 0 aliphatic rings. The summed E-state index contributed by atoms with van der Waals surface area (Å²) in [6.07, 6.45) is 1.32. The van der Waals surface area contributed by atoms with Crippen LogP contribution in [0.1, 0.15) is 29.5 Å². The number of anilines is 2. The van der Waals surface area contributed by atoms with Gasteiger partial charge in [0.1, 0.15) is 10.3 Å². The highest BCUT2D eigenvalue weighted by Gasteiger charge is 2.20. The molecule has 0 bridgehead atoms. The Morgan fingerprint density at radius 3 is 2.74 bits per heavy atom. The van der Waals surface area contributed by atoms with Crippen LogP contribution >= 0.6 is 22.9 Å². The molecule has 3 heterocycles. The molecule has 2 N–H and O–H groups in total. The predicted octanol–water partition coefficient (Wildman–Crippen LogP) is 5.36. The van der Waals surface area contributed by atoms with Crippen molar-refractivity contribution in [3.8, 4) is 11.4 Å². The van der Waals surface area contributed by atoms with Crippen LogP contribution in [0.2, 0.25) is 5.02 Å². The van der Waals surface area contributed by atoms with E-state index in [0.717, 1.165) is 15.4 Å². The lowest BCUT2D eigenvalue weighted by molar-refractivity contribution is 0.121. The Labute approximate surface area is 186 Å². The maximum atomic E-state index is 12.7. The van der Waals surface area contributed by atoms with Gasteiger partial charge in [0.05, 0.1) is 23.0 Å². The number of pyridine rings is 1. The number of urea groups is 1. The number of methoxy groups -OCH3 is 1. The summed E-state index contributed by atoms with van der Waals surface area (Å²) in [5.41, 5.74) is 3.09. The summed E-state index contributed by atoms with van der Waals surface area (Å²) in [4.78, 5) is 26.7. The molecular weight excluding hydrogens is 440 g/mol. The number of hydrogen-bond donors (Lipinski definition) is 2. The number of nitrogens with zero attached hydrogens (tertiary/aromatic N) is 4. The molecule has 0 unspecified atom stereocenters. The number of halogens is 1. The molecule has 0 fully saturated rings. The van der Waals surface area contributed by atoms with Gasteiger partial charge in [-0.3, -0.25) is 0 Å². The van der Waals surface area contributed by atoms with Gasteiger partial charge in [0.25, 0.3) is 0 Å². The molecule has 3 aromatic heterocycles. The molecule has 0 aliphatic carbocycles. The topological polar surface area (TPSA) is 115 Å². The zero-order chi connectivity index (χ0) is 22.1. The lowest BCUT2D eigenvalue weighted by atomic mass is 10.1. The number of aromatic nitrogens is 4. The third-order valence-corrected chi connectivity index (χ3v) is 5.62. The van der Waals surface area contributed by atoms with Crippen molar-refractivity contribution in [2.75, 3.05) is 17.7 Å². The Kier molecular flexibility index (Phi) is 5.86. The summed E-state index contributed by atoms with van der Waals surface area (Å²) in [6, 6.07) is 4.56. The number of aryl methyl sites for hydroxylation is 2. The van der Waals surface area contributed by atoms with Gasteiger partial charge in [-0.05, 0) is 32.0 Å². The van der Waals surface area contributed by atoms with E-state index in [1.165, 1.54) is 11.3 Å². The lowest BCUT2D eigenvalue weighted by Gasteiger charge is -2.16. The maximum Gasteiger partial charge on any atom is 0.323 e. The summed E-state index contributed by atoms with van der Waals surface area (Å²) in [5.74, 6) is 0.815. The Morgan fingerprint density at radius 2 is 2.03 bits per heavy atom. The number of amides is 2. The van der Waals surface area contributed by atoms with Gasteiger partial charge in [-0.25, -0.2) is 14.8 Å². The van der Waals surface area contributed by atoms with Crippen LogP contribution in [-0.2, 0) is 4.74 Å². The normalized spacial score (nSPS) is 12.2. The fraction of sp³-hybridized carbons (Fsp3) is 0.250. The summed E-state index contributed by atoms with van der Waals surface area (Å²) >= 11 is 7.70. The van der Waals surface area contributed by atoms with Gasteiger partial charge in [-0.15, -0.1) is 0 Å². The summed E-state index contributed by atoms with van der Waals surface area (Å²) < 4.78 is 10.5. The van der Waals surface area contributed by atoms with Crippen molar-refractivity contribution < 1.29 is 14.1 Å². The third-order valence-electron chi connectivity index (χ3n) is 4.52. The average molecular weight is 459 g/mol. The minimum absolute atomic E-state index is 0.290. The van der Waals surface area contributed by atoms with Crippen molar-refractivity contribution in [1.82, 2.24) is 20.1 Å². The first-order valence-electron chi connectivity index (χ1n) is 9.32. The molecule has 0 spiro atoms. The molecule has 0 saturated carbocycles. The van der Waals surface area contributed by atoms with Crippen LogP contribution in [0.4, 0.5) is 16.2 Å². The van der Waals surface area contributed by atoms with E-state index in [0.29, 0.717) is 39.2 Å². The van der Waals surface area contributed by atoms with E-state index in [1.807, 2.05) is 13.8 Å². The van der Waals surface area contributed by atoms with Crippen LogP contribution in [0, 0.1) is 13.8 Å². The Balaban J connectivity index is 1.61. The van der Waals surface area contributed by atoms with Crippen LogP contribution in [-0.4, -0.2) is 33.2 Å². The summed E-state index contributed by atoms with van der Waals surface area (Å²) in [7, 11) is 1.60. The zero-order valence-electron chi connectivity index (χ0n) is 17.2. The predicted molar refractivity (Wildman–Crippen MR) is 120 cm³/mol. The number of carbonyl (C=O) groups excluding carboxylic acids is 1. The quantitative estimate of drug-likeness (QED) is 0.413. The second-order valence-electron chi connectivity index (χ2n) is 6.79. The first-order valence-corrected chi connectivity index (χ1v) is 10.5. The maximum absolute atomic E-state index is 12.7. The molecule has 0 saturated heterocycles. The van der Waals surface area contributed by atoms with Crippen LogP contribution < -0.4 is 10.6 Å². The highest BCUT2D eigenvalue weighted by molar-refractivity contribution is 7.18. The Hall–Kier alpha value is -3.08. The molecule has 1 atom stereocenters. The van der Waals surface area contributed by atoms with Crippen LogP contribution in [0.5, 0.6) is 0 Å². The van der Waals surface area contributed by atoms with Crippen LogP contribution in [0.15, 0.2) is 28.9 Å². The van der Waals surface area contributed by atoms with Gasteiger partial charge in [0.2, 0.25) is 11.7 Å². The van der Waals surface area contributed by atoms with Crippen molar-refractivity contribution in [1.29, 1.82) is 0 Å². The monoisotopic (exact) mass is 458 g/mol. The second-order valence-corrected chi connectivity index (χ2v) is 8.41. The standard InChI is InChI=1S/C20H19ClN6O3S/c1-9(29-4)16-15(8-22-19-17(16)24-11(3)31-19)26-20(28)25-14-6-12(5-13(21)7-14)18-23-10(2)30-27-18/h5-9H,1-4H3,(H2,25,26,28)/t9-/m1/s1. The zero-order valence-corrected chi connectivity index (χ0v) is 18.8. The molecular formula is C20H19ClN6O3S. The first kappa shape index (κ1) is 21.2. The number of benzene rings is 1. The van der Waals surface area contributed by atoms with E-state index in [1.54, 1.807) is 38.4 Å². The fourth-order valence-corrected chi connectivity index (χ4v) is 4.13. The summed E-state index contributed by atoms with van der Waals surface area (Å²) in [5, 5.41) is 10.8. The second kappa shape index (κ2) is 8.58. The molecule has 9 nitrogen and oxygen atoms in total. The first-order chi connectivity index (χ1) is 14.8. The van der Waals surface area contributed by atoms with Crippen LogP contribution in [0.3, 0.4) is 0 Å². The molecule has 1 aromatic carbocycles. The number of carbonyl (C=O) groups is 1. The van der Waals surface area contributed by atoms with E-state index in [2.05, 4.69) is 30.7 Å². The molecule has 11 heteroatoms. The SMILES string of the molecule is CO[C@H](C)c1c(NC(=O)Nc2cc(Cl)cc(-c3noc(C)n3)c2)cnc2sc(C)nc12. The van der Waals surface area contributed by atoms with Crippen molar-refractivity contribution in [2.45, 2.75) is 26.9 Å². The highest BCUT2D eigenvalue weighted by atomic mass is 35.5. The van der Waals surface area contributed by atoms with Crippen molar-refractivity contribution >= 4 is 50.7 Å². The fourth-order valence-electron chi connectivity index (χ4n) is 3.12. The number of nitrogens with one attached hydrogen (secondary N) is 2. The van der Waals surface area contributed by atoms with E-state index < -0.39 is 6.03 Å². The number of thiazole rings is 1. The lowest BCUT2D eigenvalue weighted by Crippen LogP contribution is -2.21. The molecule has 0 radical (unpaired) electrons. The summed E-state index contributed by atoms with van der Waals surface area (Å²) in [6.45, 7) is 5.50. The van der Waals surface area contributed by atoms with E-state index in [4.69, 9.17) is 20.9 Å². The number of ether oxygens (including phenoxy) is 1. The van der Waals surface area contributed by atoms with Crippen molar-refractivity contribution in [3.05, 3.63) is 45.9 Å². The highest BCUT2D eigenvalue weighted by Crippen LogP contribution is 2.34. The Bertz CT molecular complexity index is 1270. The van der Waals surface area contributed by atoms with Gasteiger partial charge >= 0.3 is 6.03 Å².